The van der Waals surface area contributed by atoms with Gasteiger partial charge in [0.1, 0.15) is 12.6 Å². The maximum atomic E-state index is 14.1. The van der Waals surface area contributed by atoms with E-state index < -0.39 is 28.5 Å². The molecule has 2 atom stereocenters. The number of benzene rings is 3. The molecule has 7 nitrogen and oxygen atoms in total. The third-order valence-electron chi connectivity index (χ3n) is 7.03. The number of nitrogens with one attached hydrogen (secondary N) is 1. The van der Waals surface area contributed by atoms with Crippen LogP contribution in [0.3, 0.4) is 0 Å². The van der Waals surface area contributed by atoms with E-state index in [2.05, 4.69) is 5.32 Å². The Hall–Kier alpha value is -3.07. The molecule has 220 valence electrons. The average Bonchev–Trinajstić information content (AvgIpc) is 2.95. The SMILES string of the molecule is CCc1ccccc1N(CC(=O)N(Cc1ccc(Cl)c(Cl)c1)[C@@H](C)C(=O)N[C@@H](C)CC)S(=O)(=O)c1ccc(C)cc1. The van der Waals surface area contributed by atoms with Crippen LogP contribution in [0.15, 0.2) is 71.6 Å². The van der Waals surface area contributed by atoms with Crippen LogP contribution in [0.1, 0.15) is 50.8 Å². The van der Waals surface area contributed by atoms with Crippen molar-refractivity contribution in [2.45, 2.75) is 71.0 Å². The number of rotatable bonds is 12. The number of carbonyl (C=O) groups is 2. The third-order valence-corrected chi connectivity index (χ3v) is 9.55. The molecule has 0 radical (unpaired) electrons. The van der Waals surface area contributed by atoms with Gasteiger partial charge in [0.05, 0.1) is 20.6 Å². The second-order valence-electron chi connectivity index (χ2n) is 10.1. The summed E-state index contributed by atoms with van der Waals surface area (Å²) in [6, 6.07) is 17.6. The smallest absolute Gasteiger partial charge is 0.264 e. The normalized spacial score (nSPS) is 12.9. The van der Waals surface area contributed by atoms with E-state index in [0.29, 0.717) is 27.7 Å². The Labute approximate surface area is 253 Å². The number of anilines is 1. The zero-order chi connectivity index (χ0) is 30.3. The monoisotopic (exact) mass is 617 g/mol. The highest BCUT2D eigenvalue weighted by atomic mass is 35.5. The summed E-state index contributed by atoms with van der Waals surface area (Å²) in [6.45, 7) is 8.78. The van der Waals surface area contributed by atoms with E-state index in [0.717, 1.165) is 21.9 Å². The Bertz CT molecular complexity index is 1480. The first-order valence-electron chi connectivity index (χ1n) is 13.6. The first-order chi connectivity index (χ1) is 19.4. The predicted octanol–water partition coefficient (Wildman–Crippen LogP) is 6.39. The lowest BCUT2D eigenvalue weighted by Crippen LogP contribution is -2.52. The van der Waals surface area contributed by atoms with E-state index in [4.69, 9.17) is 23.2 Å². The number of amides is 2. The Morgan fingerprint density at radius 1 is 0.927 bits per heavy atom. The molecule has 0 aliphatic rings. The van der Waals surface area contributed by atoms with Gasteiger partial charge in [0.2, 0.25) is 11.8 Å². The van der Waals surface area contributed by atoms with E-state index in [9.17, 15) is 18.0 Å². The topological polar surface area (TPSA) is 86.8 Å². The average molecular weight is 619 g/mol. The molecule has 3 aromatic rings. The molecule has 0 aromatic heterocycles. The van der Waals surface area contributed by atoms with Crippen molar-refractivity contribution in [1.82, 2.24) is 10.2 Å². The summed E-state index contributed by atoms with van der Waals surface area (Å²) in [6.07, 6.45) is 1.28. The van der Waals surface area contributed by atoms with Gasteiger partial charge in [-0.25, -0.2) is 8.42 Å². The van der Waals surface area contributed by atoms with Crippen LogP contribution in [0.5, 0.6) is 0 Å². The minimum Gasteiger partial charge on any atom is -0.352 e. The summed E-state index contributed by atoms with van der Waals surface area (Å²) in [5.74, 6) is -0.876. The Balaban J connectivity index is 2.08. The summed E-state index contributed by atoms with van der Waals surface area (Å²) in [7, 11) is -4.14. The fourth-order valence-corrected chi connectivity index (χ4v) is 6.06. The second-order valence-corrected chi connectivity index (χ2v) is 12.7. The number of nitrogens with zero attached hydrogens (tertiary/aromatic N) is 2. The van der Waals surface area contributed by atoms with E-state index >= 15 is 0 Å². The highest BCUT2D eigenvalue weighted by Crippen LogP contribution is 2.29. The van der Waals surface area contributed by atoms with Gasteiger partial charge in [-0.15, -0.1) is 0 Å². The minimum atomic E-state index is -4.14. The van der Waals surface area contributed by atoms with Gasteiger partial charge >= 0.3 is 0 Å². The largest absolute Gasteiger partial charge is 0.352 e. The lowest BCUT2D eigenvalue weighted by Gasteiger charge is -2.33. The van der Waals surface area contributed by atoms with Crippen LogP contribution in [0.4, 0.5) is 5.69 Å². The molecular weight excluding hydrogens is 581 g/mol. The van der Waals surface area contributed by atoms with Crippen LogP contribution in [-0.2, 0) is 32.6 Å². The van der Waals surface area contributed by atoms with E-state index in [1.165, 1.54) is 17.0 Å². The number of hydrogen-bond acceptors (Lipinski definition) is 4. The van der Waals surface area contributed by atoms with Crippen molar-refractivity contribution in [2.24, 2.45) is 0 Å². The van der Waals surface area contributed by atoms with Crippen molar-refractivity contribution >= 4 is 50.7 Å². The molecule has 2 amide bonds. The minimum absolute atomic E-state index is 0.0264. The summed E-state index contributed by atoms with van der Waals surface area (Å²) >= 11 is 12.3. The van der Waals surface area contributed by atoms with Gasteiger partial charge in [0.15, 0.2) is 0 Å². The first-order valence-corrected chi connectivity index (χ1v) is 15.8. The predicted molar refractivity (Wildman–Crippen MR) is 166 cm³/mol. The zero-order valence-electron chi connectivity index (χ0n) is 24.0. The molecule has 3 aromatic carbocycles. The van der Waals surface area contributed by atoms with Gasteiger partial charge in [0, 0.05) is 12.6 Å². The molecule has 1 N–H and O–H groups in total. The molecule has 0 aliphatic heterocycles. The quantitative estimate of drug-likeness (QED) is 0.255. The number of aryl methyl sites for hydroxylation is 2. The summed E-state index contributed by atoms with van der Waals surface area (Å²) < 4.78 is 29.2. The second kappa shape index (κ2) is 14.2. The van der Waals surface area contributed by atoms with Crippen LogP contribution in [0.2, 0.25) is 10.0 Å². The van der Waals surface area contributed by atoms with Crippen molar-refractivity contribution in [3.8, 4) is 0 Å². The van der Waals surface area contributed by atoms with Gasteiger partial charge < -0.3 is 10.2 Å². The number of halogens is 2. The molecule has 0 spiro atoms. The van der Waals surface area contributed by atoms with Crippen molar-refractivity contribution in [3.63, 3.8) is 0 Å². The highest BCUT2D eigenvalue weighted by molar-refractivity contribution is 7.92. The standard InChI is InChI=1S/C31H37Cl2N3O4S/c1-6-22(4)34-31(38)23(5)35(19-24-14-17-27(32)28(33)18-24)30(37)20-36(29-11-9-8-10-25(29)7-2)41(39,40)26-15-12-21(3)13-16-26/h8-18,22-23H,6-7,19-20H2,1-5H3,(H,34,38)/t22-,23-/m0/s1. The van der Waals surface area contributed by atoms with Crippen molar-refractivity contribution in [3.05, 3.63) is 93.5 Å². The molecule has 0 unspecified atom stereocenters. The summed E-state index contributed by atoms with van der Waals surface area (Å²) in [5.41, 5.74) is 2.75. The fourth-order valence-electron chi connectivity index (χ4n) is 4.29. The maximum Gasteiger partial charge on any atom is 0.264 e. The van der Waals surface area contributed by atoms with Gasteiger partial charge in [-0.1, -0.05) is 79.0 Å². The number of sulfonamides is 1. The van der Waals surface area contributed by atoms with Gasteiger partial charge in [0.25, 0.3) is 10.0 Å². The van der Waals surface area contributed by atoms with Crippen molar-refractivity contribution in [1.29, 1.82) is 0 Å². The van der Waals surface area contributed by atoms with Crippen LogP contribution >= 0.6 is 23.2 Å². The van der Waals surface area contributed by atoms with Crippen LogP contribution in [-0.4, -0.2) is 43.8 Å². The Morgan fingerprint density at radius 3 is 2.20 bits per heavy atom. The molecule has 0 aliphatic carbocycles. The first kappa shape index (κ1) is 32.4. The molecule has 41 heavy (non-hydrogen) atoms. The van der Waals surface area contributed by atoms with Gasteiger partial charge in [-0.2, -0.15) is 0 Å². The molecule has 0 bridgehead atoms. The molecule has 0 fully saturated rings. The van der Waals surface area contributed by atoms with Gasteiger partial charge in [-0.3, -0.25) is 13.9 Å². The van der Waals surface area contributed by atoms with E-state index in [-0.39, 0.29) is 23.4 Å². The fraction of sp³-hybridized carbons (Fsp3) is 0.355. The Kier molecular flexibility index (Phi) is 11.2. The third kappa shape index (κ3) is 8.03. The summed E-state index contributed by atoms with van der Waals surface area (Å²) in [5, 5.41) is 3.60. The number of carbonyl (C=O) groups excluding carboxylic acids is 2. The van der Waals surface area contributed by atoms with Crippen molar-refractivity contribution in [2.75, 3.05) is 10.8 Å². The van der Waals surface area contributed by atoms with Crippen molar-refractivity contribution < 1.29 is 18.0 Å². The van der Waals surface area contributed by atoms with Crippen LogP contribution in [0.25, 0.3) is 0 Å². The van der Waals surface area contributed by atoms with E-state index in [1.54, 1.807) is 49.4 Å². The van der Waals surface area contributed by atoms with Crippen LogP contribution in [0, 0.1) is 6.92 Å². The lowest BCUT2D eigenvalue weighted by molar-refractivity contribution is -0.139. The van der Waals surface area contributed by atoms with Crippen LogP contribution < -0.4 is 9.62 Å². The summed E-state index contributed by atoms with van der Waals surface area (Å²) in [4.78, 5) is 28.7. The molecular formula is C31H37Cl2N3O4S. The van der Waals surface area contributed by atoms with Gasteiger partial charge in [-0.05, 0) is 75.1 Å². The molecule has 0 heterocycles. The molecule has 0 saturated carbocycles. The van der Waals surface area contributed by atoms with E-state index in [1.807, 2.05) is 39.8 Å². The maximum absolute atomic E-state index is 14.1. The Morgan fingerprint density at radius 2 is 1.59 bits per heavy atom. The zero-order valence-corrected chi connectivity index (χ0v) is 26.4. The highest BCUT2D eigenvalue weighted by Gasteiger charge is 2.33. The number of para-hydroxylation sites is 1. The molecule has 0 saturated heterocycles. The molecule has 3 rings (SSSR count). The lowest BCUT2D eigenvalue weighted by atomic mass is 10.1. The molecule has 10 heteroatoms. The number of hydrogen-bond donors (Lipinski definition) is 1.